The van der Waals surface area contributed by atoms with Crippen molar-refractivity contribution < 1.29 is 4.74 Å². The Bertz CT molecular complexity index is 483. The lowest BCUT2D eigenvalue weighted by Crippen LogP contribution is -2.02. The van der Waals surface area contributed by atoms with Gasteiger partial charge in [0.2, 0.25) is 0 Å². The summed E-state index contributed by atoms with van der Waals surface area (Å²) in [6.07, 6.45) is 9.01. The molecule has 1 heterocycles. The third-order valence-corrected chi connectivity index (χ3v) is 2.57. The third kappa shape index (κ3) is 1.44. The van der Waals surface area contributed by atoms with Crippen molar-refractivity contribution in [3.05, 3.63) is 60.0 Å². The molecule has 0 aromatic heterocycles. The Morgan fingerprint density at radius 1 is 1.20 bits per heavy atom. The molecule has 0 spiro atoms. The summed E-state index contributed by atoms with van der Waals surface area (Å²) in [4.78, 5) is 0. The predicted octanol–water partition coefficient (Wildman–Crippen LogP) is 3.22. The zero-order valence-corrected chi connectivity index (χ0v) is 8.23. The number of fused-ring (bicyclic) bond motifs is 2. The lowest BCUT2D eigenvalue weighted by molar-refractivity contribution is 0.480. The van der Waals surface area contributed by atoms with Gasteiger partial charge in [0.05, 0.1) is 11.9 Å². The van der Waals surface area contributed by atoms with Gasteiger partial charge in [-0.2, -0.15) is 0 Å². The molecule has 0 radical (unpaired) electrons. The molecule has 1 aliphatic heterocycles. The van der Waals surface area contributed by atoms with E-state index >= 15 is 0 Å². The molecule has 0 unspecified atom stereocenters. The molecule has 2 aliphatic rings. The topological polar surface area (TPSA) is 21.3 Å². The standard InChI is InChI=1S/C13H11NO/c1-2-6-11-10(5-1)9-15-13-8-4-3-7-12(13)14-11/h1-4,6-9,14H,5H2. The second-order valence-electron chi connectivity index (χ2n) is 3.59. The van der Waals surface area contributed by atoms with Crippen LogP contribution in [-0.4, -0.2) is 0 Å². The van der Waals surface area contributed by atoms with Crippen LogP contribution in [0.3, 0.4) is 0 Å². The lowest BCUT2D eigenvalue weighted by Gasteiger charge is -2.12. The van der Waals surface area contributed by atoms with E-state index in [9.17, 15) is 0 Å². The molecule has 1 aliphatic carbocycles. The molecule has 2 nitrogen and oxygen atoms in total. The Kier molecular flexibility index (Phi) is 1.85. The van der Waals surface area contributed by atoms with E-state index in [0.29, 0.717) is 0 Å². The van der Waals surface area contributed by atoms with Crippen LogP contribution in [0.25, 0.3) is 0 Å². The molecule has 0 saturated carbocycles. The average molecular weight is 197 g/mol. The van der Waals surface area contributed by atoms with Gasteiger partial charge in [0.1, 0.15) is 5.75 Å². The summed E-state index contributed by atoms with van der Waals surface area (Å²) < 4.78 is 5.62. The summed E-state index contributed by atoms with van der Waals surface area (Å²) in [5, 5.41) is 3.38. The van der Waals surface area contributed by atoms with Crippen molar-refractivity contribution in [1.82, 2.24) is 0 Å². The number of nitrogens with one attached hydrogen (secondary N) is 1. The summed E-state index contributed by atoms with van der Waals surface area (Å²) in [6, 6.07) is 7.95. The van der Waals surface area contributed by atoms with E-state index in [4.69, 9.17) is 4.74 Å². The molecule has 0 saturated heterocycles. The number of ether oxygens (including phenoxy) is 1. The molecule has 0 amide bonds. The smallest absolute Gasteiger partial charge is 0.149 e. The van der Waals surface area contributed by atoms with Crippen LogP contribution in [0.15, 0.2) is 60.0 Å². The van der Waals surface area contributed by atoms with Crippen LogP contribution in [-0.2, 0) is 0 Å². The number of hydrogen-bond donors (Lipinski definition) is 1. The minimum atomic E-state index is 0.875. The van der Waals surface area contributed by atoms with Crippen molar-refractivity contribution in [3.8, 4) is 5.75 Å². The summed E-state index contributed by atoms with van der Waals surface area (Å²) in [6.45, 7) is 0. The van der Waals surface area contributed by atoms with Crippen LogP contribution in [0.4, 0.5) is 5.69 Å². The van der Waals surface area contributed by atoms with Gasteiger partial charge in [-0.25, -0.2) is 0 Å². The van der Waals surface area contributed by atoms with Crippen molar-refractivity contribution in [2.24, 2.45) is 0 Å². The van der Waals surface area contributed by atoms with Crippen molar-refractivity contribution >= 4 is 5.69 Å². The van der Waals surface area contributed by atoms with Gasteiger partial charge < -0.3 is 10.1 Å². The molecule has 0 bridgehead atoms. The van der Waals surface area contributed by atoms with E-state index in [2.05, 4.69) is 23.5 Å². The molecular weight excluding hydrogens is 186 g/mol. The Labute approximate surface area is 88.6 Å². The van der Waals surface area contributed by atoms with Crippen molar-refractivity contribution in [2.75, 3.05) is 5.32 Å². The van der Waals surface area contributed by atoms with Gasteiger partial charge in [-0.1, -0.05) is 24.3 Å². The zero-order valence-electron chi connectivity index (χ0n) is 8.23. The second kappa shape index (κ2) is 3.31. The van der Waals surface area contributed by atoms with Gasteiger partial charge in [0, 0.05) is 11.3 Å². The van der Waals surface area contributed by atoms with Gasteiger partial charge in [-0.05, 0) is 24.6 Å². The Morgan fingerprint density at radius 3 is 3.13 bits per heavy atom. The number of hydrogen-bond acceptors (Lipinski definition) is 2. The van der Waals surface area contributed by atoms with Gasteiger partial charge in [0.25, 0.3) is 0 Å². The van der Waals surface area contributed by atoms with Crippen LogP contribution < -0.4 is 10.1 Å². The van der Waals surface area contributed by atoms with E-state index < -0.39 is 0 Å². The summed E-state index contributed by atoms with van der Waals surface area (Å²) in [7, 11) is 0. The molecule has 2 heteroatoms. The average Bonchev–Trinajstić information content (AvgIpc) is 2.48. The number of rotatable bonds is 0. The minimum Gasteiger partial charge on any atom is -0.462 e. The maximum Gasteiger partial charge on any atom is 0.149 e. The highest BCUT2D eigenvalue weighted by molar-refractivity contribution is 5.64. The summed E-state index contributed by atoms with van der Waals surface area (Å²) >= 11 is 0. The molecule has 15 heavy (non-hydrogen) atoms. The molecule has 1 aromatic rings. The van der Waals surface area contributed by atoms with Crippen LogP contribution in [0.1, 0.15) is 6.42 Å². The molecule has 0 atom stereocenters. The predicted molar refractivity (Wildman–Crippen MR) is 60.6 cm³/mol. The van der Waals surface area contributed by atoms with Crippen molar-refractivity contribution in [2.45, 2.75) is 6.42 Å². The SMILES string of the molecule is C1=CCC2=COc3ccccc3NC2=C1. The van der Waals surface area contributed by atoms with Gasteiger partial charge in [-0.15, -0.1) is 0 Å². The van der Waals surface area contributed by atoms with E-state index in [-0.39, 0.29) is 0 Å². The van der Waals surface area contributed by atoms with Gasteiger partial charge in [-0.3, -0.25) is 0 Å². The van der Waals surface area contributed by atoms with E-state index in [1.807, 2.05) is 30.5 Å². The summed E-state index contributed by atoms with van der Waals surface area (Å²) in [5.41, 5.74) is 3.33. The highest BCUT2D eigenvalue weighted by Crippen LogP contribution is 2.32. The highest BCUT2D eigenvalue weighted by atomic mass is 16.5. The first-order valence-corrected chi connectivity index (χ1v) is 5.02. The monoisotopic (exact) mass is 197 g/mol. The Hall–Kier alpha value is -1.96. The van der Waals surface area contributed by atoms with E-state index in [0.717, 1.165) is 23.6 Å². The van der Waals surface area contributed by atoms with E-state index in [1.54, 1.807) is 0 Å². The Morgan fingerprint density at radius 2 is 2.13 bits per heavy atom. The van der Waals surface area contributed by atoms with Crippen molar-refractivity contribution in [3.63, 3.8) is 0 Å². The zero-order chi connectivity index (χ0) is 10.1. The van der Waals surface area contributed by atoms with Crippen LogP contribution in [0.5, 0.6) is 5.75 Å². The normalized spacial score (nSPS) is 17.3. The Balaban J connectivity index is 2.07. The van der Waals surface area contributed by atoms with Crippen LogP contribution in [0.2, 0.25) is 0 Å². The number of anilines is 1. The van der Waals surface area contributed by atoms with Crippen LogP contribution in [0, 0.1) is 0 Å². The fourth-order valence-corrected chi connectivity index (χ4v) is 1.76. The molecule has 74 valence electrons. The number of benzene rings is 1. The first-order valence-electron chi connectivity index (χ1n) is 5.02. The minimum absolute atomic E-state index is 0.875. The number of para-hydroxylation sites is 2. The van der Waals surface area contributed by atoms with Gasteiger partial charge >= 0.3 is 0 Å². The van der Waals surface area contributed by atoms with E-state index in [1.165, 1.54) is 5.57 Å². The largest absolute Gasteiger partial charge is 0.462 e. The lowest BCUT2D eigenvalue weighted by atomic mass is 10.1. The fourth-order valence-electron chi connectivity index (χ4n) is 1.76. The molecular formula is C13H11NO. The first kappa shape index (κ1) is 8.36. The quantitative estimate of drug-likeness (QED) is 0.689. The first-order chi connectivity index (χ1) is 7.43. The molecule has 1 N–H and O–H groups in total. The van der Waals surface area contributed by atoms with Crippen LogP contribution >= 0.6 is 0 Å². The molecule has 1 aromatic carbocycles. The summed E-state index contributed by atoms with van der Waals surface area (Å²) in [5.74, 6) is 0.875. The molecule has 3 rings (SSSR count). The van der Waals surface area contributed by atoms with Crippen molar-refractivity contribution in [1.29, 1.82) is 0 Å². The highest BCUT2D eigenvalue weighted by Gasteiger charge is 2.13. The second-order valence-corrected chi connectivity index (χ2v) is 3.59. The third-order valence-electron chi connectivity index (χ3n) is 2.57. The number of allylic oxidation sites excluding steroid dienone is 4. The van der Waals surface area contributed by atoms with Gasteiger partial charge in [0.15, 0.2) is 0 Å². The maximum absolute atomic E-state index is 5.62. The molecule has 0 fully saturated rings. The maximum atomic E-state index is 5.62. The fraction of sp³-hybridized carbons (Fsp3) is 0.0769.